The largest absolute Gasteiger partial charge is 0.295 e. The van der Waals surface area contributed by atoms with Crippen molar-refractivity contribution in [1.82, 2.24) is 10.2 Å². The van der Waals surface area contributed by atoms with Crippen LogP contribution in [0.25, 0.3) is 10.6 Å². The molecule has 0 aliphatic heterocycles. The number of hydrogen-bond acceptors (Lipinski definition) is 4. The van der Waals surface area contributed by atoms with Gasteiger partial charge in [-0.25, -0.2) is 0 Å². The van der Waals surface area contributed by atoms with E-state index in [2.05, 4.69) is 10.2 Å². The first-order valence-corrected chi connectivity index (χ1v) is 5.03. The quantitative estimate of drug-likeness (QED) is 0.737. The van der Waals surface area contributed by atoms with Gasteiger partial charge in [0.1, 0.15) is 5.01 Å². The van der Waals surface area contributed by atoms with Gasteiger partial charge in [-0.3, -0.25) is 4.79 Å². The zero-order valence-corrected chi connectivity index (χ0v) is 8.55. The summed E-state index contributed by atoms with van der Waals surface area (Å²) in [5, 5.41) is 9.37. The van der Waals surface area contributed by atoms with Gasteiger partial charge in [0, 0.05) is 10.6 Å². The third kappa shape index (κ3) is 1.81. The van der Waals surface area contributed by atoms with Crippen molar-refractivity contribution in [3.63, 3.8) is 0 Å². The van der Waals surface area contributed by atoms with E-state index in [9.17, 15) is 4.79 Å². The van der Waals surface area contributed by atoms with Gasteiger partial charge in [-0.05, 0) is 12.1 Å². The summed E-state index contributed by atoms with van der Waals surface area (Å²) in [4.78, 5) is 10.4. The lowest BCUT2D eigenvalue weighted by atomic mass is 10.2. The van der Waals surface area contributed by atoms with Crippen LogP contribution in [0.5, 0.6) is 0 Å². The lowest BCUT2D eigenvalue weighted by Gasteiger charge is -1.93. The van der Waals surface area contributed by atoms with Crippen LogP contribution in [0, 0.1) is 0 Å². The van der Waals surface area contributed by atoms with Crippen LogP contribution in [0.2, 0.25) is 5.02 Å². The van der Waals surface area contributed by atoms with Gasteiger partial charge in [0.2, 0.25) is 0 Å². The van der Waals surface area contributed by atoms with Gasteiger partial charge in [0.05, 0.1) is 0 Å². The van der Waals surface area contributed by atoms with Crippen molar-refractivity contribution in [3.8, 4) is 10.6 Å². The first-order chi connectivity index (χ1) is 6.79. The molecule has 0 aliphatic rings. The molecule has 1 aromatic heterocycles. The van der Waals surface area contributed by atoms with Gasteiger partial charge in [-0.2, -0.15) is 0 Å². The highest BCUT2D eigenvalue weighted by atomic mass is 35.5. The molecule has 2 aromatic rings. The average molecular weight is 225 g/mol. The summed E-state index contributed by atoms with van der Waals surface area (Å²) in [5.74, 6) is 0. The average Bonchev–Trinajstić information content (AvgIpc) is 2.67. The monoisotopic (exact) mass is 224 g/mol. The van der Waals surface area contributed by atoms with Crippen LogP contribution in [0.4, 0.5) is 0 Å². The van der Waals surface area contributed by atoms with Gasteiger partial charge >= 0.3 is 0 Å². The molecule has 3 nitrogen and oxygen atoms in total. The second kappa shape index (κ2) is 3.86. The first-order valence-electron chi connectivity index (χ1n) is 3.84. The molecule has 0 amide bonds. The Morgan fingerprint density at radius 2 is 1.93 bits per heavy atom. The molecule has 70 valence electrons. The molecule has 0 radical (unpaired) electrons. The Kier molecular flexibility index (Phi) is 2.56. The number of carbonyl (C=O) groups excluding carboxylic acids is 1. The molecule has 0 spiro atoms. The fourth-order valence-electron chi connectivity index (χ4n) is 0.991. The fraction of sp³-hybridized carbons (Fsp3) is 0. The number of nitrogens with zero attached hydrogens (tertiary/aromatic N) is 2. The van der Waals surface area contributed by atoms with E-state index >= 15 is 0 Å². The minimum Gasteiger partial charge on any atom is -0.295 e. The van der Waals surface area contributed by atoms with E-state index in [-0.39, 0.29) is 0 Å². The summed E-state index contributed by atoms with van der Waals surface area (Å²) >= 11 is 7.00. The maximum atomic E-state index is 10.4. The lowest BCUT2D eigenvalue weighted by molar-refractivity contribution is 0.112. The Hall–Kier alpha value is -1.26. The first kappa shape index (κ1) is 9.30. The van der Waals surface area contributed by atoms with Crippen molar-refractivity contribution in [2.24, 2.45) is 0 Å². The van der Waals surface area contributed by atoms with Crippen molar-refractivity contribution in [2.75, 3.05) is 0 Å². The highest BCUT2D eigenvalue weighted by Gasteiger charge is 2.04. The normalized spacial score (nSPS) is 10.1. The molecule has 0 unspecified atom stereocenters. The summed E-state index contributed by atoms with van der Waals surface area (Å²) in [6.07, 6.45) is 0.692. The Bertz CT molecular complexity index is 452. The van der Waals surface area contributed by atoms with Gasteiger partial charge in [-0.15, -0.1) is 10.2 Å². The van der Waals surface area contributed by atoms with E-state index in [4.69, 9.17) is 11.6 Å². The van der Waals surface area contributed by atoms with Crippen LogP contribution in [-0.4, -0.2) is 16.5 Å². The van der Waals surface area contributed by atoms with Crippen molar-refractivity contribution in [2.45, 2.75) is 0 Å². The second-order valence-electron chi connectivity index (χ2n) is 2.57. The topological polar surface area (TPSA) is 42.9 Å². The molecule has 2 rings (SSSR count). The van der Waals surface area contributed by atoms with E-state index in [1.54, 1.807) is 12.1 Å². The summed E-state index contributed by atoms with van der Waals surface area (Å²) in [6, 6.07) is 7.24. The number of aldehydes is 1. The fourth-order valence-corrected chi connectivity index (χ4v) is 1.78. The smallest absolute Gasteiger partial charge is 0.180 e. The van der Waals surface area contributed by atoms with E-state index in [0.717, 1.165) is 10.6 Å². The van der Waals surface area contributed by atoms with Crippen molar-refractivity contribution in [3.05, 3.63) is 34.3 Å². The molecule has 14 heavy (non-hydrogen) atoms. The minimum absolute atomic E-state index is 0.384. The van der Waals surface area contributed by atoms with Crippen LogP contribution in [-0.2, 0) is 0 Å². The van der Waals surface area contributed by atoms with E-state index in [1.165, 1.54) is 11.3 Å². The molecule has 1 heterocycles. The molecule has 1 aromatic carbocycles. The zero-order chi connectivity index (χ0) is 9.97. The lowest BCUT2D eigenvalue weighted by Crippen LogP contribution is -1.76. The predicted octanol–water partition coefficient (Wildman–Crippen LogP) is 2.67. The Balaban J connectivity index is 2.39. The summed E-state index contributed by atoms with van der Waals surface area (Å²) in [6.45, 7) is 0. The van der Waals surface area contributed by atoms with Crippen molar-refractivity contribution >= 4 is 29.2 Å². The number of aromatic nitrogens is 2. The molecule has 0 atom stereocenters. The van der Waals surface area contributed by atoms with Gasteiger partial charge in [0.15, 0.2) is 11.3 Å². The SMILES string of the molecule is O=Cc1nnc(-c2ccc(Cl)cc2)s1. The predicted molar refractivity (Wildman–Crippen MR) is 55.7 cm³/mol. The second-order valence-corrected chi connectivity index (χ2v) is 4.02. The number of carbonyl (C=O) groups is 1. The molecular formula is C9H5ClN2OS. The zero-order valence-electron chi connectivity index (χ0n) is 6.98. The molecule has 0 N–H and O–H groups in total. The Morgan fingerprint density at radius 3 is 2.50 bits per heavy atom. The van der Waals surface area contributed by atoms with Crippen LogP contribution in [0.1, 0.15) is 9.80 Å². The van der Waals surface area contributed by atoms with Crippen molar-refractivity contribution in [1.29, 1.82) is 0 Å². The Morgan fingerprint density at radius 1 is 1.21 bits per heavy atom. The van der Waals surface area contributed by atoms with Gasteiger partial charge < -0.3 is 0 Å². The number of rotatable bonds is 2. The summed E-state index contributed by atoms with van der Waals surface area (Å²) in [7, 11) is 0. The molecule has 0 saturated heterocycles. The molecule has 0 saturated carbocycles. The van der Waals surface area contributed by atoms with E-state index in [0.29, 0.717) is 16.3 Å². The number of benzene rings is 1. The highest BCUT2D eigenvalue weighted by Crippen LogP contribution is 2.23. The van der Waals surface area contributed by atoms with E-state index < -0.39 is 0 Å². The molecule has 0 aliphatic carbocycles. The summed E-state index contributed by atoms with van der Waals surface area (Å²) in [5.41, 5.74) is 0.917. The number of halogens is 1. The van der Waals surface area contributed by atoms with Crippen LogP contribution < -0.4 is 0 Å². The molecule has 0 fully saturated rings. The Labute approximate surface area is 89.4 Å². The van der Waals surface area contributed by atoms with Crippen LogP contribution in [0.15, 0.2) is 24.3 Å². The minimum atomic E-state index is 0.384. The maximum absolute atomic E-state index is 10.4. The maximum Gasteiger partial charge on any atom is 0.180 e. The molecular weight excluding hydrogens is 220 g/mol. The molecule has 0 bridgehead atoms. The van der Waals surface area contributed by atoms with Crippen LogP contribution >= 0.6 is 22.9 Å². The molecule has 5 heteroatoms. The highest BCUT2D eigenvalue weighted by molar-refractivity contribution is 7.16. The number of hydrogen-bond donors (Lipinski definition) is 0. The van der Waals surface area contributed by atoms with E-state index in [1.807, 2.05) is 12.1 Å². The van der Waals surface area contributed by atoms with Crippen molar-refractivity contribution < 1.29 is 4.79 Å². The third-order valence-electron chi connectivity index (χ3n) is 1.63. The standard InChI is InChI=1S/C9H5ClN2OS/c10-7-3-1-6(2-4-7)9-12-11-8(5-13)14-9/h1-5H. The van der Waals surface area contributed by atoms with Gasteiger partial charge in [0.25, 0.3) is 0 Å². The van der Waals surface area contributed by atoms with Crippen LogP contribution in [0.3, 0.4) is 0 Å². The van der Waals surface area contributed by atoms with Gasteiger partial charge in [-0.1, -0.05) is 35.1 Å². The summed E-state index contributed by atoms with van der Waals surface area (Å²) < 4.78 is 0. The third-order valence-corrected chi connectivity index (χ3v) is 2.78.